The summed E-state index contributed by atoms with van der Waals surface area (Å²) in [5.74, 6) is 1.13. The maximum atomic E-state index is 12.7. The number of amides is 1. The van der Waals surface area contributed by atoms with E-state index in [9.17, 15) is 4.79 Å². The lowest BCUT2D eigenvalue weighted by Crippen LogP contribution is -2.47. The minimum absolute atomic E-state index is 0.0232. The standard InChI is InChI=1S/C24H32N2O4/c1-3-13-30-22-11-10-20(15-23(22)28-4-2)24(27)25-16-21-18-26(12-14-29-21)17-19-8-6-5-7-9-19/h5-11,15,21H,3-4,12-14,16-18H2,1-2H3,(H,25,27). The van der Waals surface area contributed by atoms with E-state index >= 15 is 0 Å². The first-order chi connectivity index (χ1) is 14.7. The summed E-state index contributed by atoms with van der Waals surface area (Å²) in [7, 11) is 0. The van der Waals surface area contributed by atoms with Crippen molar-refractivity contribution in [1.82, 2.24) is 10.2 Å². The smallest absolute Gasteiger partial charge is 0.251 e. The summed E-state index contributed by atoms with van der Waals surface area (Å²) in [6.45, 7) is 8.83. The van der Waals surface area contributed by atoms with Gasteiger partial charge in [-0.2, -0.15) is 0 Å². The zero-order chi connectivity index (χ0) is 21.2. The van der Waals surface area contributed by atoms with Crippen molar-refractivity contribution in [1.29, 1.82) is 0 Å². The number of rotatable bonds is 10. The molecule has 0 bridgehead atoms. The molecule has 0 aromatic heterocycles. The number of morpholine rings is 1. The van der Waals surface area contributed by atoms with Crippen molar-refractivity contribution >= 4 is 5.91 Å². The molecule has 30 heavy (non-hydrogen) atoms. The number of hydrogen-bond acceptors (Lipinski definition) is 5. The highest BCUT2D eigenvalue weighted by Gasteiger charge is 2.21. The number of ether oxygens (including phenoxy) is 3. The van der Waals surface area contributed by atoms with Gasteiger partial charge in [-0.05, 0) is 37.1 Å². The normalized spacial score (nSPS) is 16.8. The Morgan fingerprint density at radius 2 is 1.97 bits per heavy atom. The molecule has 0 aliphatic carbocycles. The summed E-state index contributed by atoms with van der Waals surface area (Å²) < 4.78 is 17.2. The van der Waals surface area contributed by atoms with Crippen molar-refractivity contribution < 1.29 is 19.0 Å². The van der Waals surface area contributed by atoms with Crippen molar-refractivity contribution in [3.63, 3.8) is 0 Å². The van der Waals surface area contributed by atoms with Gasteiger partial charge in [0.05, 0.1) is 25.9 Å². The summed E-state index contributed by atoms with van der Waals surface area (Å²) in [5, 5.41) is 3.00. The van der Waals surface area contributed by atoms with Gasteiger partial charge in [-0.3, -0.25) is 9.69 Å². The molecule has 2 aromatic rings. The first kappa shape index (κ1) is 22.1. The van der Waals surface area contributed by atoms with Crippen LogP contribution in [-0.4, -0.2) is 56.4 Å². The fourth-order valence-corrected chi connectivity index (χ4v) is 3.45. The summed E-state index contributed by atoms with van der Waals surface area (Å²) in [5.41, 5.74) is 1.84. The number of carbonyl (C=O) groups is 1. The number of hydrogen-bond donors (Lipinski definition) is 1. The van der Waals surface area contributed by atoms with Crippen molar-refractivity contribution in [2.24, 2.45) is 0 Å². The lowest BCUT2D eigenvalue weighted by molar-refractivity contribution is -0.0292. The minimum atomic E-state index is -0.137. The highest BCUT2D eigenvalue weighted by molar-refractivity contribution is 5.94. The van der Waals surface area contributed by atoms with Crippen molar-refractivity contribution in [3.8, 4) is 11.5 Å². The molecule has 3 rings (SSSR count). The van der Waals surface area contributed by atoms with Crippen LogP contribution in [0, 0.1) is 0 Å². The SMILES string of the molecule is CCCOc1ccc(C(=O)NCC2CN(Cc3ccccc3)CCO2)cc1OCC. The van der Waals surface area contributed by atoms with Crippen LogP contribution in [0.15, 0.2) is 48.5 Å². The van der Waals surface area contributed by atoms with E-state index < -0.39 is 0 Å². The van der Waals surface area contributed by atoms with Gasteiger partial charge in [-0.15, -0.1) is 0 Å². The predicted molar refractivity (Wildman–Crippen MR) is 117 cm³/mol. The zero-order valence-corrected chi connectivity index (χ0v) is 17.9. The number of nitrogens with one attached hydrogen (secondary N) is 1. The van der Waals surface area contributed by atoms with Crippen molar-refractivity contribution in [2.75, 3.05) is 39.5 Å². The second kappa shape index (κ2) is 11.6. The molecule has 0 saturated carbocycles. The quantitative estimate of drug-likeness (QED) is 0.647. The molecule has 0 spiro atoms. The fourth-order valence-electron chi connectivity index (χ4n) is 3.45. The van der Waals surface area contributed by atoms with Gasteiger partial charge >= 0.3 is 0 Å². The monoisotopic (exact) mass is 412 g/mol. The Balaban J connectivity index is 1.53. The van der Waals surface area contributed by atoms with E-state index in [1.54, 1.807) is 18.2 Å². The average Bonchev–Trinajstić information content (AvgIpc) is 2.78. The van der Waals surface area contributed by atoms with Gasteiger partial charge in [0.2, 0.25) is 0 Å². The molecule has 1 aliphatic rings. The van der Waals surface area contributed by atoms with E-state index in [2.05, 4.69) is 41.4 Å². The van der Waals surface area contributed by atoms with Gasteiger partial charge in [0.25, 0.3) is 5.91 Å². The van der Waals surface area contributed by atoms with E-state index in [1.807, 2.05) is 13.0 Å². The Bertz CT molecular complexity index is 797. The molecule has 1 fully saturated rings. The van der Waals surface area contributed by atoms with Crippen molar-refractivity contribution in [3.05, 3.63) is 59.7 Å². The first-order valence-corrected chi connectivity index (χ1v) is 10.7. The number of nitrogens with zero attached hydrogens (tertiary/aromatic N) is 1. The molecule has 1 unspecified atom stereocenters. The highest BCUT2D eigenvalue weighted by Crippen LogP contribution is 2.28. The Kier molecular flexibility index (Phi) is 8.53. The van der Waals surface area contributed by atoms with E-state index in [-0.39, 0.29) is 12.0 Å². The summed E-state index contributed by atoms with van der Waals surface area (Å²) >= 11 is 0. The van der Waals surface area contributed by atoms with Crippen LogP contribution in [0.5, 0.6) is 11.5 Å². The van der Waals surface area contributed by atoms with Gasteiger partial charge in [0.15, 0.2) is 11.5 Å². The van der Waals surface area contributed by atoms with E-state index in [0.29, 0.717) is 43.4 Å². The predicted octanol–water partition coefficient (Wildman–Crippen LogP) is 3.50. The number of benzene rings is 2. The molecule has 1 aliphatic heterocycles. The molecule has 162 valence electrons. The molecule has 6 heteroatoms. The van der Waals surface area contributed by atoms with Gasteiger partial charge in [0, 0.05) is 31.7 Å². The minimum Gasteiger partial charge on any atom is -0.490 e. The van der Waals surface area contributed by atoms with Crippen molar-refractivity contribution in [2.45, 2.75) is 32.9 Å². The van der Waals surface area contributed by atoms with Gasteiger partial charge < -0.3 is 19.5 Å². The summed E-state index contributed by atoms with van der Waals surface area (Å²) in [6, 6.07) is 15.7. The van der Waals surface area contributed by atoms with Gasteiger partial charge in [-0.25, -0.2) is 0 Å². The van der Waals surface area contributed by atoms with Crippen LogP contribution in [0.4, 0.5) is 0 Å². The van der Waals surface area contributed by atoms with E-state index in [1.165, 1.54) is 5.56 Å². The molecule has 1 amide bonds. The third-order valence-electron chi connectivity index (χ3n) is 4.93. The fraction of sp³-hybridized carbons (Fsp3) is 0.458. The van der Waals surface area contributed by atoms with Gasteiger partial charge in [0.1, 0.15) is 0 Å². The molecule has 0 radical (unpaired) electrons. The summed E-state index contributed by atoms with van der Waals surface area (Å²) in [4.78, 5) is 15.0. The van der Waals surface area contributed by atoms with Crippen LogP contribution in [0.25, 0.3) is 0 Å². The van der Waals surface area contributed by atoms with E-state index in [4.69, 9.17) is 14.2 Å². The summed E-state index contributed by atoms with van der Waals surface area (Å²) in [6.07, 6.45) is 0.890. The lowest BCUT2D eigenvalue weighted by atomic mass is 10.1. The highest BCUT2D eigenvalue weighted by atomic mass is 16.5. The Labute approximate surface area is 179 Å². The average molecular weight is 413 g/mol. The number of carbonyl (C=O) groups excluding carboxylic acids is 1. The van der Waals surface area contributed by atoms with Crippen LogP contribution in [-0.2, 0) is 11.3 Å². The van der Waals surface area contributed by atoms with Crippen LogP contribution < -0.4 is 14.8 Å². The molecular formula is C24H32N2O4. The van der Waals surface area contributed by atoms with Crippen LogP contribution in [0.3, 0.4) is 0 Å². The third kappa shape index (κ3) is 6.47. The maximum absolute atomic E-state index is 12.7. The zero-order valence-electron chi connectivity index (χ0n) is 17.9. The second-order valence-electron chi connectivity index (χ2n) is 7.37. The largest absolute Gasteiger partial charge is 0.490 e. The van der Waals surface area contributed by atoms with Gasteiger partial charge in [-0.1, -0.05) is 37.3 Å². The second-order valence-corrected chi connectivity index (χ2v) is 7.37. The van der Waals surface area contributed by atoms with Crippen LogP contribution in [0.2, 0.25) is 0 Å². The molecule has 2 aromatic carbocycles. The molecule has 1 atom stereocenters. The Morgan fingerprint density at radius 3 is 2.73 bits per heavy atom. The van der Waals surface area contributed by atoms with E-state index in [0.717, 1.165) is 26.1 Å². The topological polar surface area (TPSA) is 60.0 Å². The first-order valence-electron chi connectivity index (χ1n) is 10.7. The maximum Gasteiger partial charge on any atom is 0.251 e. The molecular weight excluding hydrogens is 380 g/mol. The van der Waals surface area contributed by atoms with Crippen LogP contribution in [0.1, 0.15) is 36.2 Å². The van der Waals surface area contributed by atoms with Crippen LogP contribution >= 0.6 is 0 Å². The molecule has 6 nitrogen and oxygen atoms in total. The Hall–Kier alpha value is -2.57. The molecule has 1 saturated heterocycles. The third-order valence-corrected chi connectivity index (χ3v) is 4.93. The molecule has 1 N–H and O–H groups in total. The molecule has 1 heterocycles. The Morgan fingerprint density at radius 1 is 1.13 bits per heavy atom. The lowest BCUT2D eigenvalue weighted by Gasteiger charge is -2.33.